The molecule has 0 fully saturated rings. The Morgan fingerprint density at radius 2 is 1.50 bits per heavy atom. The first-order valence-electron chi connectivity index (χ1n) is 9.44. The van der Waals surface area contributed by atoms with Crippen molar-refractivity contribution in [2.75, 3.05) is 0 Å². The van der Waals surface area contributed by atoms with E-state index in [9.17, 15) is 4.39 Å². The van der Waals surface area contributed by atoms with Crippen molar-refractivity contribution in [2.45, 2.75) is 39.0 Å². The maximum Gasteiger partial charge on any atom is 0.129 e. The molecule has 3 aromatic carbocycles. The van der Waals surface area contributed by atoms with Gasteiger partial charge in [0.1, 0.15) is 18.2 Å². The van der Waals surface area contributed by atoms with Crippen LogP contribution in [0.15, 0.2) is 78.9 Å². The highest BCUT2D eigenvalue weighted by atomic mass is 35.5. The van der Waals surface area contributed by atoms with Crippen molar-refractivity contribution in [3.8, 4) is 5.75 Å². The molecule has 0 amide bonds. The van der Waals surface area contributed by atoms with Crippen LogP contribution in [0.5, 0.6) is 5.75 Å². The number of aryl methyl sites for hydroxylation is 1. The molecular formula is C24H27ClFNO. The summed E-state index contributed by atoms with van der Waals surface area (Å²) in [6.07, 6.45) is 2.13. The molecule has 0 bridgehead atoms. The lowest BCUT2D eigenvalue weighted by Crippen LogP contribution is -2.26. The van der Waals surface area contributed by atoms with Gasteiger partial charge in [0.25, 0.3) is 0 Å². The summed E-state index contributed by atoms with van der Waals surface area (Å²) >= 11 is 0. The first-order valence-corrected chi connectivity index (χ1v) is 9.44. The molecule has 1 N–H and O–H groups in total. The van der Waals surface area contributed by atoms with Crippen LogP contribution >= 0.6 is 12.4 Å². The second kappa shape index (κ2) is 11.5. The molecule has 0 aliphatic carbocycles. The van der Waals surface area contributed by atoms with E-state index in [-0.39, 0.29) is 24.8 Å². The third-order valence-corrected chi connectivity index (χ3v) is 4.66. The van der Waals surface area contributed by atoms with Gasteiger partial charge in [-0.05, 0) is 37.5 Å². The van der Waals surface area contributed by atoms with Crippen molar-refractivity contribution in [1.29, 1.82) is 0 Å². The minimum atomic E-state index is -0.234. The molecule has 0 heterocycles. The summed E-state index contributed by atoms with van der Waals surface area (Å²) in [5.41, 5.74) is 3.01. The molecule has 0 saturated carbocycles. The van der Waals surface area contributed by atoms with E-state index in [1.165, 1.54) is 11.6 Å². The van der Waals surface area contributed by atoms with Crippen molar-refractivity contribution in [3.63, 3.8) is 0 Å². The van der Waals surface area contributed by atoms with Gasteiger partial charge in [0.05, 0.1) is 0 Å². The van der Waals surface area contributed by atoms with Crippen LogP contribution in [0, 0.1) is 5.82 Å². The van der Waals surface area contributed by atoms with E-state index in [0.717, 1.165) is 30.7 Å². The largest absolute Gasteiger partial charge is 0.488 e. The van der Waals surface area contributed by atoms with Crippen LogP contribution in [0.25, 0.3) is 0 Å². The molecule has 0 spiro atoms. The van der Waals surface area contributed by atoms with Gasteiger partial charge in [-0.1, -0.05) is 66.7 Å². The molecule has 1 unspecified atom stereocenters. The van der Waals surface area contributed by atoms with Gasteiger partial charge in [0.2, 0.25) is 0 Å². The van der Waals surface area contributed by atoms with Gasteiger partial charge in [-0.2, -0.15) is 0 Å². The highest BCUT2D eigenvalue weighted by Gasteiger charge is 2.08. The molecule has 1 atom stereocenters. The predicted molar refractivity (Wildman–Crippen MR) is 115 cm³/mol. The van der Waals surface area contributed by atoms with Gasteiger partial charge < -0.3 is 10.1 Å². The van der Waals surface area contributed by atoms with Crippen LogP contribution in [0.4, 0.5) is 4.39 Å². The zero-order valence-corrected chi connectivity index (χ0v) is 16.9. The van der Waals surface area contributed by atoms with Gasteiger partial charge in [0.15, 0.2) is 0 Å². The topological polar surface area (TPSA) is 21.3 Å². The van der Waals surface area contributed by atoms with E-state index >= 15 is 0 Å². The molecule has 0 radical (unpaired) electrons. The molecule has 0 saturated heterocycles. The number of ether oxygens (including phenoxy) is 1. The Morgan fingerprint density at radius 1 is 0.857 bits per heavy atom. The lowest BCUT2D eigenvalue weighted by Gasteiger charge is -2.16. The summed E-state index contributed by atoms with van der Waals surface area (Å²) in [6, 6.07) is 25.6. The van der Waals surface area contributed by atoms with Gasteiger partial charge >= 0.3 is 0 Å². The molecule has 28 heavy (non-hydrogen) atoms. The SMILES string of the molecule is CC(CCc1ccccc1)NCc1ccccc1OCc1ccccc1F.Cl. The minimum Gasteiger partial charge on any atom is -0.488 e. The van der Waals surface area contributed by atoms with Crippen molar-refractivity contribution >= 4 is 12.4 Å². The number of para-hydroxylation sites is 1. The first kappa shape index (κ1) is 21.9. The second-order valence-corrected chi connectivity index (χ2v) is 6.79. The van der Waals surface area contributed by atoms with Gasteiger partial charge in [-0.25, -0.2) is 4.39 Å². The summed E-state index contributed by atoms with van der Waals surface area (Å²) in [6.45, 7) is 3.16. The number of benzene rings is 3. The van der Waals surface area contributed by atoms with E-state index in [1.807, 2.05) is 36.4 Å². The summed E-state index contributed by atoms with van der Waals surface area (Å²) in [5.74, 6) is 0.561. The summed E-state index contributed by atoms with van der Waals surface area (Å²) < 4.78 is 19.7. The van der Waals surface area contributed by atoms with Gasteiger partial charge in [-0.3, -0.25) is 0 Å². The Morgan fingerprint density at radius 3 is 2.25 bits per heavy atom. The third-order valence-electron chi connectivity index (χ3n) is 4.66. The van der Waals surface area contributed by atoms with Crippen LogP contribution in [-0.4, -0.2) is 6.04 Å². The fourth-order valence-electron chi connectivity index (χ4n) is 2.98. The maximum absolute atomic E-state index is 13.8. The summed E-state index contributed by atoms with van der Waals surface area (Å²) in [4.78, 5) is 0. The highest BCUT2D eigenvalue weighted by Crippen LogP contribution is 2.20. The van der Waals surface area contributed by atoms with Crippen molar-refractivity contribution in [3.05, 3.63) is 101 Å². The highest BCUT2D eigenvalue weighted by molar-refractivity contribution is 5.85. The fourth-order valence-corrected chi connectivity index (χ4v) is 2.98. The Bertz CT molecular complexity index is 841. The number of hydrogen-bond donors (Lipinski definition) is 1. The standard InChI is InChI=1S/C24H26FNO.ClH/c1-19(15-16-20-9-3-2-4-10-20)26-17-21-11-6-8-14-24(21)27-18-22-12-5-7-13-23(22)25;/h2-14,19,26H,15-18H2,1H3;1H. The lowest BCUT2D eigenvalue weighted by atomic mass is 10.1. The van der Waals surface area contributed by atoms with E-state index in [4.69, 9.17) is 4.74 Å². The predicted octanol–water partition coefficient (Wildman–Crippen LogP) is 5.94. The van der Waals surface area contributed by atoms with Crippen molar-refractivity contribution in [1.82, 2.24) is 5.32 Å². The van der Waals surface area contributed by atoms with E-state index < -0.39 is 0 Å². The van der Waals surface area contributed by atoms with Crippen molar-refractivity contribution < 1.29 is 9.13 Å². The Balaban J connectivity index is 0.00000280. The van der Waals surface area contributed by atoms with Crippen LogP contribution in [0.1, 0.15) is 30.0 Å². The molecule has 148 valence electrons. The molecule has 0 aliphatic heterocycles. The van der Waals surface area contributed by atoms with Crippen molar-refractivity contribution in [2.24, 2.45) is 0 Å². The third kappa shape index (κ3) is 6.66. The zero-order chi connectivity index (χ0) is 18.9. The molecule has 0 aromatic heterocycles. The average molecular weight is 400 g/mol. The number of hydrogen-bond acceptors (Lipinski definition) is 2. The number of halogens is 2. The molecule has 3 rings (SSSR count). The molecular weight excluding hydrogens is 373 g/mol. The Labute approximate surface area is 173 Å². The summed E-state index contributed by atoms with van der Waals surface area (Å²) in [7, 11) is 0. The molecule has 2 nitrogen and oxygen atoms in total. The average Bonchev–Trinajstić information content (AvgIpc) is 2.71. The second-order valence-electron chi connectivity index (χ2n) is 6.79. The zero-order valence-electron chi connectivity index (χ0n) is 16.1. The van der Waals surface area contributed by atoms with Gasteiger partial charge in [-0.15, -0.1) is 12.4 Å². The van der Waals surface area contributed by atoms with E-state index in [0.29, 0.717) is 11.6 Å². The van der Waals surface area contributed by atoms with Crippen LogP contribution in [0.3, 0.4) is 0 Å². The van der Waals surface area contributed by atoms with Crippen LogP contribution in [0.2, 0.25) is 0 Å². The first-order chi connectivity index (χ1) is 13.2. The molecule has 0 aliphatic rings. The van der Waals surface area contributed by atoms with Crippen LogP contribution in [-0.2, 0) is 19.6 Å². The fraction of sp³-hybridized carbons (Fsp3) is 0.250. The van der Waals surface area contributed by atoms with E-state index in [2.05, 4.69) is 36.5 Å². The van der Waals surface area contributed by atoms with E-state index in [1.54, 1.807) is 12.1 Å². The number of nitrogens with one attached hydrogen (secondary N) is 1. The maximum atomic E-state index is 13.8. The smallest absolute Gasteiger partial charge is 0.129 e. The summed E-state index contributed by atoms with van der Waals surface area (Å²) in [5, 5.41) is 3.57. The van der Waals surface area contributed by atoms with Gasteiger partial charge in [0, 0.05) is 23.7 Å². The number of rotatable bonds is 9. The monoisotopic (exact) mass is 399 g/mol. The normalized spacial score (nSPS) is 11.5. The Kier molecular flexibility index (Phi) is 8.99. The van der Waals surface area contributed by atoms with Crippen LogP contribution < -0.4 is 10.1 Å². The Hall–Kier alpha value is -2.36. The lowest BCUT2D eigenvalue weighted by molar-refractivity contribution is 0.295. The quantitative estimate of drug-likeness (QED) is 0.481. The molecule has 4 heteroatoms. The minimum absolute atomic E-state index is 0. The molecule has 3 aromatic rings.